The maximum absolute atomic E-state index is 11.7. The van der Waals surface area contributed by atoms with E-state index in [1.165, 1.54) is 0 Å². The highest BCUT2D eigenvalue weighted by Gasteiger charge is 2.17. The number of aromatic nitrogens is 1. The summed E-state index contributed by atoms with van der Waals surface area (Å²) in [5.41, 5.74) is 6.02. The smallest absolute Gasteiger partial charge is 0.305 e. The summed E-state index contributed by atoms with van der Waals surface area (Å²) in [5.74, 6) is -1.28. The average Bonchev–Trinajstić information content (AvgIpc) is 2.43. The Bertz CT molecular complexity index is 416. The molecule has 88 valence electrons. The molecule has 1 unspecified atom stereocenters. The first kappa shape index (κ1) is 12.4. The molecule has 1 rings (SSSR count). The third-order valence-electron chi connectivity index (χ3n) is 1.88. The van der Waals surface area contributed by atoms with Crippen LogP contribution in [0.5, 0.6) is 0 Å². The highest BCUT2D eigenvalue weighted by molar-refractivity contribution is 7.17. The fraction of sp³-hybridized carbons (Fsp3) is 0.444. The van der Waals surface area contributed by atoms with Gasteiger partial charge >= 0.3 is 5.97 Å². The summed E-state index contributed by atoms with van der Waals surface area (Å²) < 4.78 is 0. The predicted octanol–water partition coefficient (Wildman–Crippen LogP) is 0.627. The van der Waals surface area contributed by atoms with Crippen molar-refractivity contribution in [1.29, 1.82) is 0 Å². The van der Waals surface area contributed by atoms with Gasteiger partial charge in [-0.1, -0.05) is 11.3 Å². The van der Waals surface area contributed by atoms with Crippen molar-refractivity contribution in [1.82, 2.24) is 10.3 Å². The number of aryl methyl sites for hydroxylation is 1. The second-order valence-electron chi connectivity index (χ2n) is 3.44. The van der Waals surface area contributed by atoms with Crippen molar-refractivity contribution >= 4 is 28.3 Å². The molecule has 1 heterocycles. The quantitative estimate of drug-likeness (QED) is 0.719. The number of carboxylic acids is 1. The molecular formula is C9H13N3O3S. The summed E-state index contributed by atoms with van der Waals surface area (Å²) in [6.45, 7) is 3.31. The molecule has 0 spiro atoms. The Morgan fingerprint density at radius 1 is 1.62 bits per heavy atom. The largest absolute Gasteiger partial charge is 0.481 e. The number of nitrogens with two attached hydrogens (primary N) is 1. The van der Waals surface area contributed by atoms with E-state index in [0.717, 1.165) is 11.3 Å². The maximum Gasteiger partial charge on any atom is 0.305 e. The molecular weight excluding hydrogens is 230 g/mol. The number of hydrogen-bond donors (Lipinski definition) is 3. The number of nitrogens with zero attached hydrogens (tertiary/aromatic N) is 1. The number of rotatable bonds is 4. The summed E-state index contributed by atoms with van der Waals surface area (Å²) in [4.78, 5) is 26.4. The molecule has 4 N–H and O–H groups in total. The molecule has 0 aliphatic rings. The van der Waals surface area contributed by atoms with Crippen LogP contribution in [0, 0.1) is 6.92 Å². The van der Waals surface area contributed by atoms with Crippen molar-refractivity contribution in [2.75, 3.05) is 5.73 Å². The minimum Gasteiger partial charge on any atom is -0.481 e. The first-order valence-electron chi connectivity index (χ1n) is 4.65. The van der Waals surface area contributed by atoms with Gasteiger partial charge in [-0.3, -0.25) is 9.59 Å². The van der Waals surface area contributed by atoms with Crippen LogP contribution < -0.4 is 11.1 Å². The van der Waals surface area contributed by atoms with Crippen molar-refractivity contribution in [2.45, 2.75) is 26.3 Å². The average molecular weight is 243 g/mol. The Kier molecular flexibility index (Phi) is 3.83. The third kappa shape index (κ3) is 3.20. The Morgan fingerprint density at radius 3 is 2.69 bits per heavy atom. The van der Waals surface area contributed by atoms with Gasteiger partial charge in [-0.15, -0.1) is 0 Å². The Balaban J connectivity index is 2.65. The molecule has 7 heteroatoms. The topological polar surface area (TPSA) is 105 Å². The van der Waals surface area contributed by atoms with Crippen LogP contribution in [0.15, 0.2) is 0 Å². The SMILES string of the molecule is Cc1nc(N)sc1C(=O)NC(C)CC(=O)O. The minimum atomic E-state index is -0.951. The first-order valence-corrected chi connectivity index (χ1v) is 5.47. The van der Waals surface area contributed by atoms with Gasteiger partial charge < -0.3 is 16.2 Å². The first-order chi connectivity index (χ1) is 7.40. The summed E-state index contributed by atoms with van der Waals surface area (Å²) in [7, 11) is 0. The second-order valence-corrected chi connectivity index (χ2v) is 4.47. The van der Waals surface area contributed by atoms with Gasteiger partial charge in [0.25, 0.3) is 5.91 Å². The highest BCUT2D eigenvalue weighted by Crippen LogP contribution is 2.19. The van der Waals surface area contributed by atoms with Gasteiger partial charge in [-0.05, 0) is 13.8 Å². The van der Waals surface area contributed by atoms with Crippen LogP contribution >= 0.6 is 11.3 Å². The van der Waals surface area contributed by atoms with Gasteiger partial charge in [0, 0.05) is 6.04 Å². The van der Waals surface area contributed by atoms with E-state index >= 15 is 0 Å². The van der Waals surface area contributed by atoms with Gasteiger partial charge in [-0.25, -0.2) is 4.98 Å². The fourth-order valence-corrected chi connectivity index (χ4v) is 1.97. The number of nitrogens with one attached hydrogen (secondary N) is 1. The number of anilines is 1. The van der Waals surface area contributed by atoms with Crippen molar-refractivity contribution < 1.29 is 14.7 Å². The normalized spacial score (nSPS) is 12.1. The number of hydrogen-bond acceptors (Lipinski definition) is 5. The maximum atomic E-state index is 11.7. The summed E-state index contributed by atoms with van der Waals surface area (Å²) in [6, 6.07) is -0.423. The molecule has 1 amide bonds. The number of carboxylic acid groups (broad SMARTS) is 1. The summed E-state index contributed by atoms with van der Waals surface area (Å²) in [5, 5.41) is 11.4. The molecule has 0 fully saturated rings. The molecule has 0 bridgehead atoms. The van der Waals surface area contributed by atoms with Gasteiger partial charge in [-0.2, -0.15) is 0 Å². The molecule has 0 aliphatic carbocycles. The Labute approximate surface area is 96.5 Å². The lowest BCUT2D eigenvalue weighted by molar-refractivity contribution is -0.137. The van der Waals surface area contributed by atoms with E-state index in [1.807, 2.05) is 0 Å². The van der Waals surface area contributed by atoms with E-state index in [1.54, 1.807) is 13.8 Å². The fourth-order valence-electron chi connectivity index (χ4n) is 1.23. The van der Waals surface area contributed by atoms with Crippen LogP contribution in [-0.4, -0.2) is 28.0 Å². The molecule has 1 aromatic heterocycles. The van der Waals surface area contributed by atoms with Gasteiger partial charge in [0.05, 0.1) is 12.1 Å². The summed E-state index contributed by atoms with van der Waals surface area (Å²) >= 11 is 1.09. The van der Waals surface area contributed by atoms with E-state index in [4.69, 9.17) is 10.8 Å². The molecule has 16 heavy (non-hydrogen) atoms. The Hall–Kier alpha value is -1.63. The van der Waals surface area contributed by atoms with Crippen LogP contribution in [0.3, 0.4) is 0 Å². The van der Waals surface area contributed by atoms with Gasteiger partial charge in [0.1, 0.15) is 4.88 Å². The lowest BCUT2D eigenvalue weighted by Crippen LogP contribution is -2.34. The van der Waals surface area contributed by atoms with Crippen molar-refractivity contribution in [3.05, 3.63) is 10.6 Å². The van der Waals surface area contributed by atoms with E-state index in [9.17, 15) is 9.59 Å². The monoisotopic (exact) mass is 243 g/mol. The van der Waals surface area contributed by atoms with Gasteiger partial charge in [0.15, 0.2) is 5.13 Å². The number of thiazole rings is 1. The van der Waals surface area contributed by atoms with E-state index < -0.39 is 12.0 Å². The van der Waals surface area contributed by atoms with Crippen LogP contribution in [-0.2, 0) is 4.79 Å². The lowest BCUT2D eigenvalue weighted by Gasteiger charge is -2.10. The number of nitrogen functional groups attached to an aromatic ring is 1. The number of amides is 1. The molecule has 0 saturated heterocycles. The standard InChI is InChI=1S/C9H13N3O3S/c1-4(3-6(13)14)11-8(15)7-5(2)12-9(10)16-7/h4H,3H2,1-2H3,(H2,10,12)(H,11,15)(H,13,14). The predicted molar refractivity (Wildman–Crippen MR) is 60.4 cm³/mol. The molecule has 1 atom stereocenters. The minimum absolute atomic E-state index is 0.112. The molecule has 0 aliphatic heterocycles. The van der Waals surface area contributed by atoms with Crippen LogP contribution in [0.25, 0.3) is 0 Å². The number of carbonyl (C=O) groups is 2. The zero-order chi connectivity index (χ0) is 12.3. The zero-order valence-corrected chi connectivity index (χ0v) is 9.80. The van der Waals surface area contributed by atoms with E-state index in [0.29, 0.717) is 15.7 Å². The molecule has 0 aromatic carbocycles. The molecule has 0 radical (unpaired) electrons. The van der Waals surface area contributed by atoms with Crippen LogP contribution in [0.2, 0.25) is 0 Å². The van der Waals surface area contributed by atoms with Crippen molar-refractivity contribution in [3.8, 4) is 0 Å². The van der Waals surface area contributed by atoms with Gasteiger partial charge in [0.2, 0.25) is 0 Å². The molecule has 1 aromatic rings. The Morgan fingerprint density at radius 2 is 2.25 bits per heavy atom. The highest BCUT2D eigenvalue weighted by atomic mass is 32.1. The number of carbonyl (C=O) groups excluding carboxylic acids is 1. The van der Waals surface area contributed by atoms with E-state index in [2.05, 4.69) is 10.3 Å². The molecule has 0 saturated carbocycles. The van der Waals surface area contributed by atoms with Crippen LogP contribution in [0.4, 0.5) is 5.13 Å². The number of aliphatic carboxylic acids is 1. The summed E-state index contributed by atoms with van der Waals surface area (Å²) in [6.07, 6.45) is -0.112. The molecule has 6 nitrogen and oxygen atoms in total. The van der Waals surface area contributed by atoms with Crippen LogP contribution in [0.1, 0.15) is 28.7 Å². The third-order valence-corrected chi connectivity index (χ3v) is 2.86. The lowest BCUT2D eigenvalue weighted by atomic mass is 10.2. The zero-order valence-electron chi connectivity index (χ0n) is 8.98. The second kappa shape index (κ2) is 4.93. The van der Waals surface area contributed by atoms with Crippen molar-refractivity contribution in [2.24, 2.45) is 0 Å². The van der Waals surface area contributed by atoms with E-state index in [-0.39, 0.29) is 12.3 Å². The van der Waals surface area contributed by atoms with Crippen molar-refractivity contribution in [3.63, 3.8) is 0 Å².